The number of benzene rings is 2. The molecule has 2 fully saturated rings. The fraction of sp³-hybridized carbons (Fsp3) is 0.444. The summed E-state index contributed by atoms with van der Waals surface area (Å²) in [7, 11) is 3.28. The molecule has 8 heteroatoms. The van der Waals surface area contributed by atoms with Gasteiger partial charge >= 0.3 is 0 Å². The van der Waals surface area contributed by atoms with Crippen molar-refractivity contribution in [1.29, 1.82) is 0 Å². The van der Waals surface area contributed by atoms with Crippen molar-refractivity contribution in [2.75, 3.05) is 50.6 Å². The second-order valence-electron chi connectivity index (χ2n) is 9.22. The minimum atomic E-state index is 0.0979. The number of hydrogen-bond acceptors (Lipinski definition) is 7. The Morgan fingerprint density at radius 3 is 2.29 bits per heavy atom. The summed E-state index contributed by atoms with van der Waals surface area (Å²) >= 11 is 0. The number of ether oxygens (including phenoxy) is 2. The number of rotatable bonds is 6. The Balaban J connectivity index is 1.39. The van der Waals surface area contributed by atoms with Crippen LogP contribution in [0.3, 0.4) is 0 Å². The number of nitrogens with zero attached hydrogens (tertiary/aromatic N) is 4. The number of carbonyl (C=O) groups excluding carboxylic acids is 1. The first-order valence-corrected chi connectivity index (χ1v) is 12.5. The van der Waals surface area contributed by atoms with Crippen LogP contribution in [-0.4, -0.2) is 67.2 Å². The lowest BCUT2D eigenvalue weighted by Gasteiger charge is -2.33. The van der Waals surface area contributed by atoms with Crippen LogP contribution in [0.25, 0.3) is 10.9 Å². The average molecular weight is 476 g/mol. The molecule has 2 aliphatic heterocycles. The predicted molar refractivity (Wildman–Crippen MR) is 138 cm³/mol. The van der Waals surface area contributed by atoms with Gasteiger partial charge in [0.1, 0.15) is 5.82 Å². The molecular weight excluding hydrogens is 442 g/mol. The lowest BCUT2D eigenvalue weighted by Crippen LogP contribution is -2.42. The van der Waals surface area contributed by atoms with Crippen molar-refractivity contribution in [3.05, 3.63) is 48.0 Å². The van der Waals surface area contributed by atoms with E-state index in [0.717, 1.165) is 67.0 Å². The van der Waals surface area contributed by atoms with Gasteiger partial charge in [-0.3, -0.25) is 4.79 Å². The highest BCUT2D eigenvalue weighted by molar-refractivity contribution is 5.94. The summed E-state index contributed by atoms with van der Waals surface area (Å²) in [6.45, 7) is 3.37. The molecule has 0 radical (unpaired) electrons. The van der Waals surface area contributed by atoms with Gasteiger partial charge in [-0.2, -0.15) is 4.98 Å². The summed E-state index contributed by atoms with van der Waals surface area (Å²) < 4.78 is 11.1. The Labute approximate surface area is 206 Å². The summed E-state index contributed by atoms with van der Waals surface area (Å²) in [5, 5.41) is 4.59. The second-order valence-corrected chi connectivity index (χ2v) is 9.22. The van der Waals surface area contributed by atoms with E-state index in [1.807, 2.05) is 47.4 Å². The molecule has 2 aliphatic rings. The van der Waals surface area contributed by atoms with E-state index in [0.29, 0.717) is 24.6 Å². The van der Waals surface area contributed by atoms with Gasteiger partial charge in [0.05, 0.1) is 19.7 Å². The lowest BCUT2D eigenvalue weighted by atomic mass is 10.0. The van der Waals surface area contributed by atoms with Crippen LogP contribution < -0.4 is 19.7 Å². The van der Waals surface area contributed by atoms with Gasteiger partial charge in [0.15, 0.2) is 11.5 Å². The van der Waals surface area contributed by atoms with Crippen LogP contribution in [-0.2, 0) is 0 Å². The Morgan fingerprint density at radius 2 is 1.60 bits per heavy atom. The zero-order valence-electron chi connectivity index (χ0n) is 20.5. The number of carbonyl (C=O) groups is 1. The van der Waals surface area contributed by atoms with Crippen molar-refractivity contribution >= 4 is 28.6 Å². The SMILES string of the molecule is COc1cc2nc(N3CCCCC3)nc(NC3CCN(C(=O)c4ccccc4)CC3)c2cc1OC. The quantitative estimate of drug-likeness (QED) is 0.568. The first-order valence-electron chi connectivity index (χ1n) is 12.5. The number of anilines is 2. The number of amides is 1. The normalized spacial score (nSPS) is 16.9. The molecule has 3 aromatic rings. The molecule has 5 rings (SSSR count). The van der Waals surface area contributed by atoms with Crippen LogP contribution in [0.1, 0.15) is 42.5 Å². The van der Waals surface area contributed by atoms with Crippen LogP contribution >= 0.6 is 0 Å². The highest BCUT2D eigenvalue weighted by atomic mass is 16.5. The topological polar surface area (TPSA) is 79.8 Å². The highest BCUT2D eigenvalue weighted by Crippen LogP contribution is 2.36. The van der Waals surface area contributed by atoms with Crippen LogP contribution in [0, 0.1) is 0 Å². The fourth-order valence-electron chi connectivity index (χ4n) is 4.97. The highest BCUT2D eigenvalue weighted by Gasteiger charge is 2.25. The van der Waals surface area contributed by atoms with Crippen molar-refractivity contribution in [3.8, 4) is 11.5 Å². The number of piperidine rings is 2. The van der Waals surface area contributed by atoms with Gasteiger partial charge < -0.3 is 24.6 Å². The number of hydrogen-bond donors (Lipinski definition) is 1. The minimum absolute atomic E-state index is 0.0979. The standard InChI is InChI=1S/C27H33N5O3/c1-34-23-17-21-22(18-24(23)35-2)29-27(32-13-7-4-8-14-32)30-25(21)28-20-11-15-31(16-12-20)26(33)19-9-5-3-6-10-19/h3,5-6,9-10,17-18,20H,4,7-8,11-16H2,1-2H3,(H,28,29,30). The van der Waals surface area contributed by atoms with E-state index in [1.54, 1.807) is 14.2 Å². The maximum absolute atomic E-state index is 12.8. The summed E-state index contributed by atoms with van der Waals surface area (Å²) in [5.74, 6) is 2.97. The van der Waals surface area contributed by atoms with Gasteiger partial charge in [0, 0.05) is 49.2 Å². The Kier molecular flexibility index (Phi) is 6.88. The minimum Gasteiger partial charge on any atom is -0.493 e. The van der Waals surface area contributed by atoms with Gasteiger partial charge in [0.25, 0.3) is 5.91 Å². The zero-order valence-corrected chi connectivity index (χ0v) is 20.5. The van der Waals surface area contributed by atoms with Gasteiger partial charge in [-0.15, -0.1) is 0 Å². The molecule has 2 aromatic carbocycles. The average Bonchev–Trinajstić information content (AvgIpc) is 2.93. The summed E-state index contributed by atoms with van der Waals surface area (Å²) in [5.41, 5.74) is 1.57. The third kappa shape index (κ3) is 4.97. The van der Waals surface area contributed by atoms with Crippen LogP contribution in [0.15, 0.2) is 42.5 Å². The van der Waals surface area contributed by atoms with Crippen molar-refractivity contribution < 1.29 is 14.3 Å². The molecule has 3 heterocycles. The number of nitrogens with one attached hydrogen (secondary N) is 1. The molecule has 0 bridgehead atoms. The first-order chi connectivity index (χ1) is 17.2. The molecule has 1 amide bonds. The van der Waals surface area contributed by atoms with Crippen molar-refractivity contribution in [2.24, 2.45) is 0 Å². The van der Waals surface area contributed by atoms with Crippen molar-refractivity contribution in [2.45, 2.75) is 38.1 Å². The lowest BCUT2D eigenvalue weighted by molar-refractivity contribution is 0.0718. The molecule has 0 atom stereocenters. The second kappa shape index (κ2) is 10.4. The molecule has 0 unspecified atom stereocenters. The van der Waals surface area contributed by atoms with Crippen molar-refractivity contribution in [3.63, 3.8) is 0 Å². The molecule has 1 aromatic heterocycles. The molecule has 0 spiro atoms. The van der Waals surface area contributed by atoms with Crippen LogP contribution in [0.4, 0.5) is 11.8 Å². The van der Waals surface area contributed by atoms with E-state index >= 15 is 0 Å². The molecule has 0 saturated carbocycles. The molecule has 35 heavy (non-hydrogen) atoms. The summed E-state index contributed by atoms with van der Waals surface area (Å²) in [6, 6.07) is 13.6. The van der Waals surface area contributed by atoms with E-state index in [1.165, 1.54) is 6.42 Å². The predicted octanol–water partition coefficient (Wildman–Crippen LogP) is 4.35. The van der Waals surface area contributed by atoms with Gasteiger partial charge in [0.2, 0.25) is 5.95 Å². The third-order valence-electron chi connectivity index (χ3n) is 6.97. The van der Waals surface area contributed by atoms with E-state index in [2.05, 4.69) is 10.2 Å². The van der Waals surface area contributed by atoms with Crippen molar-refractivity contribution in [1.82, 2.24) is 14.9 Å². The van der Waals surface area contributed by atoms with E-state index < -0.39 is 0 Å². The molecule has 0 aliphatic carbocycles. The Bertz CT molecular complexity index is 1170. The van der Waals surface area contributed by atoms with E-state index in [9.17, 15) is 4.79 Å². The monoisotopic (exact) mass is 475 g/mol. The summed E-state index contributed by atoms with van der Waals surface area (Å²) in [4.78, 5) is 26.9. The van der Waals surface area contributed by atoms with Gasteiger partial charge in [-0.1, -0.05) is 18.2 Å². The maximum Gasteiger partial charge on any atom is 0.253 e. The number of aromatic nitrogens is 2. The maximum atomic E-state index is 12.8. The van der Waals surface area contributed by atoms with Crippen LogP contribution in [0.5, 0.6) is 11.5 Å². The van der Waals surface area contributed by atoms with Gasteiger partial charge in [-0.05, 0) is 50.3 Å². The summed E-state index contributed by atoms with van der Waals surface area (Å²) in [6.07, 6.45) is 5.28. The Hall–Kier alpha value is -3.55. The smallest absolute Gasteiger partial charge is 0.253 e. The first kappa shape index (κ1) is 23.2. The van der Waals surface area contributed by atoms with E-state index in [-0.39, 0.29) is 11.9 Å². The third-order valence-corrected chi connectivity index (χ3v) is 6.97. The van der Waals surface area contributed by atoms with Crippen LogP contribution in [0.2, 0.25) is 0 Å². The van der Waals surface area contributed by atoms with E-state index in [4.69, 9.17) is 19.4 Å². The molecule has 184 valence electrons. The fourth-order valence-corrected chi connectivity index (χ4v) is 4.97. The molecule has 2 saturated heterocycles. The number of methoxy groups -OCH3 is 2. The van der Waals surface area contributed by atoms with Gasteiger partial charge in [-0.25, -0.2) is 4.98 Å². The molecule has 1 N–H and O–H groups in total. The zero-order chi connectivity index (χ0) is 24.2. The molecule has 8 nitrogen and oxygen atoms in total. The largest absolute Gasteiger partial charge is 0.493 e. The Morgan fingerprint density at radius 1 is 0.914 bits per heavy atom. The number of likely N-dealkylation sites (tertiary alicyclic amines) is 1. The molecular formula is C27H33N5O3. The number of fused-ring (bicyclic) bond motifs is 1.